The molecular formula is C24H20N4O4. The third-order valence-corrected chi connectivity index (χ3v) is 4.83. The Morgan fingerprint density at radius 1 is 1.12 bits per heavy atom. The fourth-order valence-corrected chi connectivity index (χ4v) is 3.24. The van der Waals surface area contributed by atoms with E-state index in [4.69, 9.17) is 4.74 Å². The maximum absolute atomic E-state index is 13.1. The minimum Gasteiger partial charge on any atom is -0.504 e. The van der Waals surface area contributed by atoms with E-state index in [1.165, 1.54) is 24.0 Å². The zero-order valence-electron chi connectivity index (χ0n) is 17.2. The number of carbonyl (C=O) groups excluding carboxylic acids is 1. The molecule has 0 saturated carbocycles. The Bertz CT molecular complexity index is 1360. The normalized spacial score (nSPS) is 11.0. The summed E-state index contributed by atoms with van der Waals surface area (Å²) >= 11 is 0. The Balaban J connectivity index is 1.67. The number of methoxy groups -OCH3 is 1. The summed E-state index contributed by atoms with van der Waals surface area (Å²) in [6, 6.07) is 20.9. The molecule has 0 aliphatic rings. The monoisotopic (exact) mass is 428 g/mol. The van der Waals surface area contributed by atoms with Gasteiger partial charge >= 0.3 is 5.91 Å². The lowest BCUT2D eigenvalue weighted by atomic mass is 10.2. The highest BCUT2D eigenvalue weighted by atomic mass is 16.5. The second-order valence-electron chi connectivity index (χ2n) is 6.96. The van der Waals surface area contributed by atoms with Crippen molar-refractivity contribution in [2.24, 2.45) is 5.10 Å². The van der Waals surface area contributed by atoms with E-state index >= 15 is 0 Å². The van der Waals surface area contributed by atoms with E-state index in [9.17, 15) is 14.7 Å². The van der Waals surface area contributed by atoms with E-state index in [0.717, 1.165) is 5.56 Å². The fourth-order valence-electron chi connectivity index (χ4n) is 3.24. The smallest absolute Gasteiger partial charge is 0.307 e. The number of hydrogen-bond donors (Lipinski definition) is 2. The largest absolute Gasteiger partial charge is 0.504 e. The maximum atomic E-state index is 13.1. The number of carbonyl (C=O) groups is 1. The van der Waals surface area contributed by atoms with Gasteiger partial charge in [0.2, 0.25) is 5.82 Å². The molecule has 0 saturated heterocycles. The number of ether oxygens (including phenoxy) is 1. The molecule has 2 N–H and O–H groups in total. The van der Waals surface area contributed by atoms with Crippen LogP contribution in [0.4, 0.5) is 0 Å². The van der Waals surface area contributed by atoms with Crippen LogP contribution in [0.5, 0.6) is 11.5 Å². The Labute approximate surface area is 183 Å². The molecule has 0 bridgehead atoms. The third-order valence-electron chi connectivity index (χ3n) is 4.83. The number of para-hydroxylation sites is 1. The zero-order valence-corrected chi connectivity index (χ0v) is 17.2. The van der Waals surface area contributed by atoms with E-state index in [-0.39, 0.29) is 29.4 Å². The molecule has 3 aromatic carbocycles. The van der Waals surface area contributed by atoms with Crippen molar-refractivity contribution in [3.8, 4) is 11.5 Å². The van der Waals surface area contributed by atoms with Crippen LogP contribution in [0.2, 0.25) is 0 Å². The number of hydrazone groups is 1. The molecule has 8 heteroatoms. The minimum atomic E-state index is -0.620. The van der Waals surface area contributed by atoms with Gasteiger partial charge in [0.05, 0.1) is 30.8 Å². The SMILES string of the molecule is COc1cc(/C=N\NC(=O)c2nc3ccccc3c(=O)n2Cc2ccccc2)ccc1O. The molecule has 0 aliphatic heterocycles. The molecule has 1 aromatic heterocycles. The number of amides is 1. The van der Waals surface area contributed by atoms with Crippen molar-refractivity contribution in [2.45, 2.75) is 6.54 Å². The summed E-state index contributed by atoms with van der Waals surface area (Å²) in [7, 11) is 1.44. The molecule has 1 heterocycles. The predicted octanol–water partition coefficient (Wildman–Crippen LogP) is 2.92. The minimum absolute atomic E-state index is 0.000946. The average Bonchev–Trinajstić information content (AvgIpc) is 2.82. The number of phenolic OH excluding ortho intramolecular Hbond substituents is 1. The third kappa shape index (κ3) is 4.34. The molecule has 1 amide bonds. The second kappa shape index (κ2) is 9.13. The van der Waals surface area contributed by atoms with Crippen LogP contribution in [-0.2, 0) is 6.54 Å². The number of rotatable bonds is 6. The van der Waals surface area contributed by atoms with Crippen LogP contribution in [0, 0.1) is 0 Å². The predicted molar refractivity (Wildman–Crippen MR) is 121 cm³/mol. The summed E-state index contributed by atoms with van der Waals surface area (Å²) in [6.07, 6.45) is 1.40. The van der Waals surface area contributed by atoms with Crippen molar-refractivity contribution in [1.29, 1.82) is 0 Å². The first-order valence-corrected chi connectivity index (χ1v) is 9.80. The number of benzene rings is 3. The number of aromatic hydroxyl groups is 1. The summed E-state index contributed by atoms with van der Waals surface area (Å²) in [5.41, 5.74) is 4.01. The molecule has 0 aliphatic carbocycles. The summed E-state index contributed by atoms with van der Waals surface area (Å²) in [5, 5.41) is 14.1. The standard InChI is InChI=1S/C24H20N4O4/c1-32-21-13-17(11-12-20(21)29)14-25-27-23(30)22-26-19-10-6-5-9-18(19)24(31)28(22)15-16-7-3-2-4-8-16/h2-14,29H,15H2,1H3,(H,27,30)/b25-14-. The number of phenols is 1. The van der Waals surface area contributed by atoms with Crippen molar-refractivity contribution in [3.63, 3.8) is 0 Å². The first-order valence-electron chi connectivity index (χ1n) is 9.80. The van der Waals surface area contributed by atoms with E-state index in [1.54, 1.807) is 36.4 Å². The lowest BCUT2D eigenvalue weighted by molar-refractivity contribution is 0.0939. The van der Waals surface area contributed by atoms with Gasteiger partial charge in [-0.2, -0.15) is 5.10 Å². The molecule has 0 spiro atoms. The van der Waals surface area contributed by atoms with E-state index in [2.05, 4.69) is 15.5 Å². The van der Waals surface area contributed by atoms with Crippen LogP contribution in [0.3, 0.4) is 0 Å². The van der Waals surface area contributed by atoms with Gasteiger partial charge in [-0.1, -0.05) is 42.5 Å². The first-order chi connectivity index (χ1) is 15.6. The summed E-state index contributed by atoms with van der Waals surface area (Å²) in [5.74, 6) is -0.379. The molecule has 0 atom stereocenters. The second-order valence-corrected chi connectivity index (χ2v) is 6.96. The first kappa shape index (κ1) is 20.8. The summed E-state index contributed by atoms with van der Waals surface area (Å²) in [4.78, 5) is 30.5. The van der Waals surface area contributed by atoms with Gasteiger partial charge in [0.1, 0.15) is 0 Å². The maximum Gasteiger partial charge on any atom is 0.307 e. The zero-order chi connectivity index (χ0) is 22.5. The van der Waals surface area contributed by atoms with Crippen LogP contribution in [0.1, 0.15) is 21.7 Å². The van der Waals surface area contributed by atoms with Crippen LogP contribution < -0.4 is 15.7 Å². The quantitative estimate of drug-likeness (QED) is 0.363. The van der Waals surface area contributed by atoms with Crippen molar-refractivity contribution in [2.75, 3.05) is 7.11 Å². The van der Waals surface area contributed by atoms with Crippen molar-refractivity contribution < 1.29 is 14.6 Å². The highest BCUT2D eigenvalue weighted by Crippen LogP contribution is 2.25. The molecule has 0 fully saturated rings. The summed E-state index contributed by atoms with van der Waals surface area (Å²) in [6.45, 7) is 0.194. The van der Waals surface area contributed by atoms with E-state index in [0.29, 0.717) is 16.5 Å². The van der Waals surface area contributed by atoms with E-state index in [1.807, 2.05) is 30.3 Å². The van der Waals surface area contributed by atoms with E-state index < -0.39 is 5.91 Å². The Morgan fingerprint density at radius 2 is 1.88 bits per heavy atom. The van der Waals surface area contributed by atoms with Gasteiger partial charge in [0.25, 0.3) is 5.56 Å². The van der Waals surface area contributed by atoms with Crippen molar-refractivity contribution in [1.82, 2.24) is 15.0 Å². The van der Waals surface area contributed by atoms with Gasteiger partial charge in [-0.25, -0.2) is 10.4 Å². The molecule has 4 rings (SSSR count). The molecule has 0 unspecified atom stereocenters. The Morgan fingerprint density at radius 3 is 2.66 bits per heavy atom. The molecular weight excluding hydrogens is 408 g/mol. The highest BCUT2D eigenvalue weighted by molar-refractivity contribution is 5.93. The van der Waals surface area contributed by atoms with Crippen molar-refractivity contribution in [3.05, 3.63) is 100 Å². The number of nitrogens with zero attached hydrogens (tertiary/aromatic N) is 3. The average molecular weight is 428 g/mol. The number of aromatic nitrogens is 2. The topological polar surface area (TPSA) is 106 Å². The summed E-state index contributed by atoms with van der Waals surface area (Å²) < 4.78 is 6.40. The van der Waals surface area contributed by atoms with Gasteiger partial charge in [-0.05, 0) is 41.5 Å². The van der Waals surface area contributed by atoms with Gasteiger partial charge in [-0.15, -0.1) is 0 Å². The number of nitrogens with one attached hydrogen (secondary N) is 1. The van der Waals surface area contributed by atoms with Crippen LogP contribution in [-0.4, -0.2) is 33.9 Å². The van der Waals surface area contributed by atoms with Crippen molar-refractivity contribution >= 4 is 23.0 Å². The molecule has 32 heavy (non-hydrogen) atoms. The van der Waals surface area contributed by atoms with Gasteiger partial charge < -0.3 is 9.84 Å². The molecule has 8 nitrogen and oxygen atoms in total. The number of fused-ring (bicyclic) bond motifs is 1. The molecule has 0 radical (unpaired) electrons. The highest BCUT2D eigenvalue weighted by Gasteiger charge is 2.17. The Kier molecular flexibility index (Phi) is 5.94. The molecule has 160 valence electrons. The Hall–Kier alpha value is -4.46. The lowest BCUT2D eigenvalue weighted by Crippen LogP contribution is -2.32. The van der Waals surface area contributed by atoms with Crippen LogP contribution in [0.15, 0.2) is 82.7 Å². The van der Waals surface area contributed by atoms with Crippen LogP contribution in [0.25, 0.3) is 10.9 Å². The van der Waals surface area contributed by atoms with Gasteiger partial charge in [-0.3, -0.25) is 14.2 Å². The van der Waals surface area contributed by atoms with Gasteiger partial charge in [0, 0.05) is 0 Å². The van der Waals surface area contributed by atoms with Crippen LogP contribution >= 0.6 is 0 Å². The fraction of sp³-hybridized carbons (Fsp3) is 0.0833. The lowest BCUT2D eigenvalue weighted by Gasteiger charge is -2.12. The molecule has 4 aromatic rings. The van der Waals surface area contributed by atoms with Gasteiger partial charge in [0.15, 0.2) is 11.5 Å². The number of hydrogen-bond acceptors (Lipinski definition) is 6.